The highest BCUT2D eigenvalue weighted by Crippen LogP contribution is 2.19. The van der Waals surface area contributed by atoms with Crippen molar-refractivity contribution in [3.63, 3.8) is 0 Å². The number of amides is 1. The first-order valence-corrected chi connectivity index (χ1v) is 8.61. The van der Waals surface area contributed by atoms with Gasteiger partial charge in [-0.3, -0.25) is 4.79 Å². The maximum absolute atomic E-state index is 12.4. The number of ketones is 1. The molecule has 1 N–H and O–H groups in total. The summed E-state index contributed by atoms with van der Waals surface area (Å²) in [6.45, 7) is 10.1. The van der Waals surface area contributed by atoms with E-state index in [4.69, 9.17) is 4.74 Å². The summed E-state index contributed by atoms with van der Waals surface area (Å²) in [5.74, 6) is 0.108. The first kappa shape index (κ1) is 20.4. The lowest BCUT2D eigenvalue weighted by atomic mass is 9.98. The van der Waals surface area contributed by atoms with E-state index in [9.17, 15) is 9.59 Å². The molecule has 0 bridgehead atoms. The van der Waals surface area contributed by atoms with Crippen LogP contribution in [0.15, 0.2) is 36.0 Å². The Bertz CT molecular complexity index is 539. The maximum Gasteiger partial charge on any atom is 0.251 e. The molecular weight excluding hydrogens is 302 g/mol. The van der Waals surface area contributed by atoms with Crippen LogP contribution in [0, 0.1) is 0 Å². The van der Waals surface area contributed by atoms with Gasteiger partial charge in [0.05, 0.1) is 5.60 Å². The number of carbonyl (C=O) groups is 2. The van der Waals surface area contributed by atoms with Crippen molar-refractivity contribution in [2.24, 2.45) is 0 Å². The number of carbonyl (C=O) groups excluding carboxylic acids is 2. The second kappa shape index (κ2) is 8.97. The minimum Gasteiger partial charge on any atom is -0.375 e. The molecule has 4 heteroatoms. The first-order valence-electron chi connectivity index (χ1n) is 8.61. The smallest absolute Gasteiger partial charge is 0.251 e. The average molecular weight is 333 g/mol. The fourth-order valence-electron chi connectivity index (χ4n) is 2.30. The molecule has 0 aromatic carbocycles. The van der Waals surface area contributed by atoms with Gasteiger partial charge in [0, 0.05) is 24.1 Å². The van der Waals surface area contributed by atoms with Crippen LogP contribution >= 0.6 is 0 Å². The van der Waals surface area contributed by atoms with E-state index in [-0.39, 0.29) is 22.8 Å². The third kappa shape index (κ3) is 8.25. The maximum atomic E-state index is 12.4. The standard InChI is InChI=1S/C20H31NO3/c1-16(22)12-13-20(4,5)24-15-14-19(2,3)21-18(23)17-10-8-6-7-9-11-17/h6,8-11H,7,12-15H2,1-5H3,(H,21,23). The van der Waals surface area contributed by atoms with Crippen LogP contribution in [0.25, 0.3) is 0 Å². The summed E-state index contributed by atoms with van der Waals surface area (Å²) in [5.41, 5.74) is -0.0267. The van der Waals surface area contributed by atoms with Crippen LogP contribution in [0.2, 0.25) is 0 Å². The average Bonchev–Trinajstić information content (AvgIpc) is 2.73. The predicted octanol–water partition coefficient (Wildman–Crippen LogP) is 3.88. The minimum absolute atomic E-state index is 0.0707. The Labute approximate surface area is 146 Å². The molecule has 0 fully saturated rings. The SMILES string of the molecule is CC(=O)CCC(C)(C)OCCC(C)(C)NC(=O)C1=CC=CCC=C1. The van der Waals surface area contributed by atoms with Gasteiger partial charge in [-0.15, -0.1) is 0 Å². The number of rotatable bonds is 9. The van der Waals surface area contributed by atoms with Gasteiger partial charge in [0.2, 0.25) is 0 Å². The van der Waals surface area contributed by atoms with Gasteiger partial charge in [0.1, 0.15) is 5.78 Å². The second-order valence-corrected chi connectivity index (χ2v) is 7.59. The second-order valence-electron chi connectivity index (χ2n) is 7.59. The molecule has 0 saturated carbocycles. The molecular formula is C20H31NO3. The summed E-state index contributed by atoms with van der Waals surface area (Å²) in [6.07, 6.45) is 12.4. The Morgan fingerprint density at radius 1 is 1.17 bits per heavy atom. The summed E-state index contributed by atoms with van der Waals surface area (Å²) >= 11 is 0. The van der Waals surface area contributed by atoms with Crippen LogP contribution in [0.3, 0.4) is 0 Å². The molecule has 134 valence electrons. The third-order valence-corrected chi connectivity index (χ3v) is 3.99. The zero-order valence-electron chi connectivity index (χ0n) is 15.6. The van der Waals surface area contributed by atoms with Gasteiger partial charge >= 0.3 is 0 Å². The van der Waals surface area contributed by atoms with Gasteiger partial charge in [-0.05, 0) is 60.0 Å². The molecule has 1 aliphatic rings. The molecule has 0 heterocycles. The van der Waals surface area contributed by atoms with Crippen LogP contribution in [-0.2, 0) is 14.3 Å². The molecule has 1 aliphatic carbocycles. The van der Waals surface area contributed by atoms with E-state index in [1.165, 1.54) is 0 Å². The zero-order valence-corrected chi connectivity index (χ0v) is 15.6. The lowest BCUT2D eigenvalue weighted by Gasteiger charge is -2.30. The molecule has 0 radical (unpaired) electrons. The molecule has 0 aliphatic heterocycles. The lowest BCUT2D eigenvalue weighted by Crippen LogP contribution is -2.45. The van der Waals surface area contributed by atoms with Crippen molar-refractivity contribution in [1.82, 2.24) is 5.32 Å². The Kier molecular flexibility index (Phi) is 7.61. The van der Waals surface area contributed by atoms with Crippen LogP contribution in [-0.4, -0.2) is 29.4 Å². The van der Waals surface area contributed by atoms with E-state index in [0.29, 0.717) is 31.4 Å². The Hall–Kier alpha value is -1.68. The van der Waals surface area contributed by atoms with E-state index >= 15 is 0 Å². The molecule has 1 amide bonds. The van der Waals surface area contributed by atoms with Gasteiger partial charge in [0.15, 0.2) is 0 Å². The first-order chi connectivity index (χ1) is 11.1. The van der Waals surface area contributed by atoms with E-state index < -0.39 is 0 Å². The van der Waals surface area contributed by atoms with Crippen molar-refractivity contribution in [1.29, 1.82) is 0 Å². The number of Topliss-reactive ketones (excluding diaryl/α,β-unsaturated/α-hetero) is 1. The van der Waals surface area contributed by atoms with Crippen molar-refractivity contribution in [2.45, 2.75) is 71.4 Å². The quantitative estimate of drug-likeness (QED) is 0.697. The van der Waals surface area contributed by atoms with E-state index in [1.807, 2.05) is 58.1 Å². The highest BCUT2D eigenvalue weighted by atomic mass is 16.5. The molecule has 24 heavy (non-hydrogen) atoms. The molecule has 1 rings (SSSR count). The van der Waals surface area contributed by atoms with E-state index in [2.05, 4.69) is 5.32 Å². The van der Waals surface area contributed by atoms with Crippen molar-refractivity contribution in [3.8, 4) is 0 Å². The predicted molar refractivity (Wildman–Crippen MR) is 97.8 cm³/mol. The molecule has 0 spiro atoms. The molecule has 4 nitrogen and oxygen atoms in total. The highest BCUT2D eigenvalue weighted by Gasteiger charge is 2.24. The summed E-state index contributed by atoms with van der Waals surface area (Å²) in [7, 11) is 0. The fourth-order valence-corrected chi connectivity index (χ4v) is 2.30. The minimum atomic E-state index is -0.363. The summed E-state index contributed by atoms with van der Waals surface area (Å²) in [5, 5.41) is 3.06. The van der Waals surface area contributed by atoms with Crippen molar-refractivity contribution in [3.05, 3.63) is 36.0 Å². The largest absolute Gasteiger partial charge is 0.375 e. The van der Waals surface area contributed by atoms with Gasteiger partial charge in [-0.1, -0.05) is 24.3 Å². The molecule has 0 aromatic rings. The third-order valence-electron chi connectivity index (χ3n) is 3.99. The van der Waals surface area contributed by atoms with Crippen molar-refractivity contribution < 1.29 is 14.3 Å². The van der Waals surface area contributed by atoms with E-state index in [0.717, 1.165) is 6.42 Å². The van der Waals surface area contributed by atoms with Gasteiger partial charge in [-0.2, -0.15) is 0 Å². The Morgan fingerprint density at radius 2 is 1.88 bits per heavy atom. The molecule has 0 saturated heterocycles. The monoisotopic (exact) mass is 333 g/mol. The van der Waals surface area contributed by atoms with Crippen LogP contribution in [0.4, 0.5) is 0 Å². The Balaban J connectivity index is 2.45. The molecule has 0 aromatic heterocycles. The van der Waals surface area contributed by atoms with Crippen LogP contribution in [0.5, 0.6) is 0 Å². The van der Waals surface area contributed by atoms with Crippen LogP contribution in [0.1, 0.15) is 60.3 Å². The fraction of sp³-hybridized carbons (Fsp3) is 0.600. The van der Waals surface area contributed by atoms with Gasteiger partial charge in [-0.25, -0.2) is 0 Å². The zero-order chi connectivity index (χ0) is 18.2. The summed E-state index contributed by atoms with van der Waals surface area (Å²) in [4.78, 5) is 23.5. The Morgan fingerprint density at radius 3 is 2.54 bits per heavy atom. The number of ether oxygens (including phenoxy) is 1. The number of hydrogen-bond acceptors (Lipinski definition) is 3. The highest BCUT2D eigenvalue weighted by molar-refractivity contribution is 5.97. The van der Waals surface area contributed by atoms with Gasteiger partial charge < -0.3 is 14.8 Å². The topological polar surface area (TPSA) is 55.4 Å². The summed E-state index contributed by atoms with van der Waals surface area (Å²) in [6, 6.07) is 0. The number of nitrogens with one attached hydrogen (secondary N) is 1. The lowest BCUT2D eigenvalue weighted by molar-refractivity contribution is -0.120. The van der Waals surface area contributed by atoms with Gasteiger partial charge in [0.25, 0.3) is 5.91 Å². The summed E-state index contributed by atoms with van der Waals surface area (Å²) < 4.78 is 5.92. The van der Waals surface area contributed by atoms with Crippen molar-refractivity contribution in [2.75, 3.05) is 6.61 Å². The molecule has 0 unspecified atom stereocenters. The molecule has 0 atom stereocenters. The van der Waals surface area contributed by atoms with Crippen molar-refractivity contribution >= 4 is 11.7 Å². The van der Waals surface area contributed by atoms with E-state index in [1.54, 1.807) is 6.92 Å². The normalized spacial score (nSPS) is 15.0. The number of allylic oxidation sites excluding steroid dienone is 4. The van der Waals surface area contributed by atoms with Crippen LogP contribution < -0.4 is 5.32 Å². The number of hydrogen-bond donors (Lipinski definition) is 1.